The van der Waals surface area contributed by atoms with Crippen LogP contribution in [-0.2, 0) is 0 Å². The number of para-hydroxylation sites is 2. The Morgan fingerprint density at radius 3 is 2.64 bits per heavy atom. The SMILES string of the molecule is N/C=C(\C=Nc1cccc(N)c1)c1cnc2ccccc2n1. The van der Waals surface area contributed by atoms with Crippen molar-refractivity contribution >= 4 is 34.2 Å². The fourth-order valence-corrected chi connectivity index (χ4v) is 2.04. The van der Waals surface area contributed by atoms with Crippen LogP contribution < -0.4 is 11.5 Å². The van der Waals surface area contributed by atoms with E-state index >= 15 is 0 Å². The summed E-state index contributed by atoms with van der Waals surface area (Å²) in [5.74, 6) is 0. The maximum atomic E-state index is 5.74. The first-order valence-electron chi connectivity index (χ1n) is 6.80. The Bertz CT molecular complexity index is 868. The Morgan fingerprint density at radius 2 is 1.86 bits per heavy atom. The predicted molar refractivity (Wildman–Crippen MR) is 90.7 cm³/mol. The lowest BCUT2D eigenvalue weighted by atomic mass is 10.2. The lowest BCUT2D eigenvalue weighted by Gasteiger charge is -2.02. The smallest absolute Gasteiger partial charge is 0.0922 e. The average molecular weight is 289 g/mol. The largest absolute Gasteiger partial charge is 0.404 e. The summed E-state index contributed by atoms with van der Waals surface area (Å²) in [5, 5.41) is 0. The Morgan fingerprint density at radius 1 is 1.05 bits per heavy atom. The molecule has 0 aliphatic rings. The Balaban J connectivity index is 1.93. The van der Waals surface area contributed by atoms with E-state index in [9.17, 15) is 0 Å². The number of benzene rings is 2. The van der Waals surface area contributed by atoms with Crippen LogP contribution in [-0.4, -0.2) is 16.2 Å². The number of nitrogen functional groups attached to an aromatic ring is 1. The van der Waals surface area contributed by atoms with Gasteiger partial charge in [-0.3, -0.25) is 9.98 Å². The highest BCUT2D eigenvalue weighted by molar-refractivity contribution is 6.09. The summed E-state index contributed by atoms with van der Waals surface area (Å²) in [6.07, 6.45) is 4.81. The van der Waals surface area contributed by atoms with Gasteiger partial charge in [-0.05, 0) is 30.3 Å². The van der Waals surface area contributed by atoms with Crippen LogP contribution in [0.15, 0.2) is 65.9 Å². The van der Waals surface area contributed by atoms with Gasteiger partial charge in [0.15, 0.2) is 0 Å². The van der Waals surface area contributed by atoms with Crippen molar-refractivity contribution in [1.29, 1.82) is 0 Å². The Kier molecular flexibility index (Phi) is 3.78. The highest BCUT2D eigenvalue weighted by Crippen LogP contribution is 2.17. The third kappa shape index (κ3) is 2.93. The van der Waals surface area contributed by atoms with E-state index in [0.717, 1.165) is 16.7 Å². The molecule has 1 aromatic heterocycles. The van der Waals surface area contributed by atoms with E-state index in [1.54, 1.807) is 18.5 Å². The van der Waals surface area contributed by atoms with Crippen molar-refractivity contribution in [3.63, 3.8) is 0 Å². The highest BCUT2D eigenvalue weighted by Gasteiger charge is 2.03. The summed E-state index contributed by atoms with van der Waals surface area (Å²) in [4.78, 5) is 13.3. The van der Waals surface area contributed by atoms with Crippen LogP contribution in [0.3, 0.4) is 0 Å². The molecule has 3 rings (SSSR count). The van der Waals surface area contributed by atoms with E-state index in [2.05, 4.69) is 15.0 Å². The number of nitrogens with two attached hydrogens (primary N) is 2. The normalized spacial score (nSPS) is 12.1. The molecule has 5 nitrogen and oxygen atoms in total. The number of hydrogen-bond acceptors (Lipinski definition) is 5. The Labute approximate surface area is 128 Å². The molecule has 0 aliphatic heterocycles. The van der Waals surface area contributed by atoms with Crippen molar-refractivity contribution in [2.75, 3.05) is 5.73 Å². The van der Waals surface area contributed by atoms with E-state index in [4.69, 9.17) is 11.5 Å². The number of aliphatic imine (C=N–C) groups is 1. The molecule has 0 radical (unpaired) electrons. The second kappa shape index (κ2) is 6.05. The summed E-state index contributed by atoms with van der Waals surface area (Å²) in [5.41, 5.74) is 15.9. The molecule has 108 valence electrons. The van der Waals surface area contributed by atoms with Gasteiger partial charge >= 0.3 is 0 Å². The summed E-state index contributed by atoms with van der Waals surface area (Å²) in [7, 11) is 0. The molecule has 0 saturated heterocycles. The minimum Gasteiger partial charge on any atom is -0.404 e. The predicted octanol–water partition coefficient (Wildman–Crippen LogP) is 2.91. The van der Waals surface area contributed by atoms with Crippen LogP contribution in [0.2, 0.25) is 0 Å². The summed E-state index contributed by atoms with van der Waals surface area (Å²) in [6.45, 7) is 0. The highest BCUT2D eigenvalue weighted by atomic mass is 14.8. The maximum absolute atomic E-state index is 5.74. The van der Waals surface area contributed by atoms with Crippen molar-refractivity contribution in [2.45, 2.75) is 0 Å². The quantitative estimate of drug-likeness (QED) is 0.573. The molecule has 0 unspecified atom stereocenters. The first kappa shape index (κ1) is 13.8. The third-order valence-corrected chi connectivity index (χ3v) is 3.15. The van der Waals surface area contributed by atoms with Gasteiger partial charge in [-0.25, -0.2) is 4.98 Å². The summed E-state index contributed by atoms with van der Waals surface area (Å²) < 4.78 is 0. The zero-order valence-corrected chi connectivity index (χ0v) is 11.8. The van der Waals surface area contributed by atoms with Crippen LogP contribution >= 0.6 is 0 Å². The van der Waals surface area contributed by atoms with Crippen molar-refractivity contribution in [3.05, 3.63) is 66.6 Å². The van der Waals surface area contributed by atoms with Gasteiger partial charge in [0.2, 0.25) is 0 Å². The first-order chi connectivity index (χ1) is 10.8. The minimum absolute atomic E-state index is 0.665. The number of aromatic nitrogens is 2. The van der Waals surface area contributed by atoms with Crippen molar-refractivity contribution in [3.8, 4) is 0 Å². The van der Waals surface area contributed by atoms with Gasteiger partial charge in [-0.2, -0.15) is 0 Å². The topological polar surface area (TPSA) is 90.2 Å². The van der Waals surface area contributed by atoms with Crippen LogP contribution in [0.4, 0.5) is 11.4 Å². The number of rotatable bonds is 3. The van der Waals surface area contributed by atoms with Gasteiger partial charge in [-0.15, -0.1) is 0 Å². The maximum Gasteiger partial charge on any atom is 0.0922 e. The lowest BCUT2D eigenvalue weighted by Crippen LogP contribution is -1.96. The van der Waals surface area contributed by atoms with Crippen molar-refractivity contribution in [2.24, 2.45) is 10.7 Å². The number of fused-ring (bicyclic) bond motifs is 1. The second-order valence-electron chi connectivity index (χ2n) is 4.72. The standard InChI is InChI=1S/C17H15N5/c18-9-12(10-20-14-5-3-4-13(19)8-14)17-11-21-15-6-1-2-7-16(15)22-17/h1-11H,18-19H2/b12-9+,20-10?. The van der Waals surface area contributed by atoms with Crippen LogP contribution in [0, 0.1) is 0 Å². The third-order valence-electron chi connectivity index (χ3n) is 3.15. The fraction of sp³-hybridized carbons (Fsp3) is 0. The molecule has 4 N–H and O–H groups in total. The van der Waals surface area contributed by atoms with Gasteiger partial charge in [-0.1, -0.05) is 18.2 Å². The Hall–Kier alpha value is -3.21. The summed E-state index contributed by atoms with van der Waals surface area (Å²) >= 11 is 0. The van der Waals surface area contributed by atoms with E-state index in [0.29, 0.717) is 17.0 Å². The van der Waals surface area contributed by atoms with Gasteiger partial charge in [0.05, 0.1) is 28.6 Å². The molecule has 0 aliphatic carbocycles. The van der Waals surface area contributed by atoms with Gasteiger partial charge in [0, 0.05) is 23.7 Å². The fourth-order valence-electron chi connectivity index (χ4n) is 2.04. The molecule has 22 heavy (non-hydrogen) atoms. The second-order valence-corrected chi connectivity index (χ2v) is 4.72. The zero-order chi connectivity index (χ0) is 15.4. The van der Waals surface area contributed by atoms with Crippen LogP contribution in [0.1, 0.15) is 5.69 Å². The first-order valence-corrected chi connectivity index (χ1v) is 6.80. The van der Waals surface area contributed by atoms with Gasteiger partial charge < -0.3 is 11.5 Å². The molecule has 0 saturated carbocycles. The number of hydrogen-bond donors (Lipinski definition) is 2. The summed E-state index contributed by atoms with van der Waals surface area (Å²) in [6, 6.07) is 15.0. The molecule has 3 aromatic rings. The van der Waals surface area contributed by atoms with Gasteiger partial charge in [0.25, 0.3) is 0 Å². The van der Waals surface area contributed by atoms with Crippen molar-refractivity contribution in [1.82, 2.24) is 9.97 Å². The molecule has 0 spiro atoms. The molecule has 0 bridgehead atoms. The zero-order valence-electron chi connectivity index (χ0n) is 11.8. The van der Waals surface area contributed by atoms with Crippen molar-refractivity contribution < 1.29 is 0 Å². The number of anilines is 1. The van der Waals surface area contributed by atoms with Crippen LogP contribution in [0.25, 0.3) is 16.6 Å². The number of allylic oxidation sites excluding steroid dienone is 1. The molecule has 0 fully saturated rings. The lowest BCUT2D eigenvalue weighted by molar-refractivity contribution is 1.26. The molecule has 2 aromatic carbocycles. The molecular weight excluding hydrogens is 274 g/mol. The molecular formula is C17H15N5. The van der Waals surface area contributed by atoms with E-state index < -0.39 is 0 Å². The van der Waals surface area contributed by atoms with E-state index in [-0.39, 0.29) is 0 Å². The molecule has 0 atom stereocenters. The van der Waals surface area contributed by atoms with Crippen LogP contribution in [0.5, 0.6) is 0 Å². The minimum atomic E-state index is 0.665. The molecule has 5 heteroatoms. The van der Waals surface area contributed by atoms with E-state index in [1.807, 2.05) is 42.5 Å². The van der Waals surface area contributed by atoms with Gasteiger partial charge in [0.1, 0.15) is 0 Å². The number of nitrogens with zero attached hydrogens (tertiary/aromatic N) is 3. The molecule has 1 heterocycles. The average Bonchev–Trinajstić information content (AvgIpc) is 2.55. The molecule has 0 amide bonds. The monoisotopic (exact) mass is 289 g/mol. The van der Waals surface area contributed by atoms with E-state index in [1.165, 1.54) is 6.20 Å².